The van der Waals surface area contributed by atoms with Gasteiger partial charge >= 0.3 is 0 Å². The Balaban J connectivity index is 1.92. The van der Waals surface area contributed by atoms with Gasteiger partial charge in [-0.2, -0.15) is 5.10 Å². The van der Waals surface area contributed by atoms with Gasteiger partial charge in [-0.1, -0.05) is 18.2 Å². The van der Waals surface area contributed by atoms with Crippen LogP contribution >= 0.6 is 0 Å². The van der Waals surface area contributed by atoms with Crippen LogP contribution in [0.25, 0.3) is 10.8 Å². The van der Waals surface area contributed by atoms with Crippen LogP contribution in [-0.4, -0.2) is 45.1 Å². The molecule has 0 aliphatic carbocycles. The lowest BCUT2D eigenvalue weighted by Gasteiger charge is -2.14. The number of hydrogen-bond donors (Lipinski definition) is 1. The molecule has 0 spiro atoms. The van der Waals surface area contributed by atoms with Gasteiger partial charge in [0.15, 0.2) is 0 Å². The second-order valence-electron chi connectivity index (χ2n) is 5.00. The fourth-order valence-corrected chi connectivity index (χ4v) is 2.37. The molecule has 7 nitrogen and oxygen atoms in total. The van der Waals surface area contributed by atoms with E-state index in [0.717, 1.165) is 15.1 Å². The maximum atomic E-state index is 12.3. The minimum Gasteiger partial charge on any atom is -0.389 e. The van der Waals surface area contributed by atoms with E-state index in [-0.39, 0.29) is 25.3 Å². The highest BCUT2D eigenvalue weighted by Gasteiger charge is 2.26. The normalized spacial score (nSPS) is 18.4. The largest absolute Gasteiger partial charge is 0.389 e. The molecule has 1 saturated heterocycles. The minimum absolute atomic E-state index is 0.0881. The van der Waals surface area contributed by atoms with Crippen LogP contribution in [0.15, 0.2) is 29.1 Å². The standard InChI is InChI=1S/C14H15N3O4/c1-9-11-4-2-3-5-12(11)14(20)16(15-9)7-13(19)17-6-10(18)8-21-17/h2-5,10,18H,6-8H2,1H3. The summed E-state index contributed by atoms with van der Waals surface area (Å²) in [6.45, 7) is 1.78. The van der Waals surface area contributed by atoms with Gasteiger partial charge in [0.2, 0.25) is 0 Å². The summed E-state index contributed by atoms with van der Waals surface area (Å²) in [5, 5.41) is 15.9. The molecular weight excluding hydrogens is 274 g/mol. The number of carbonyl (C=O) groups is 1. The van der Waals surface area contributed by atoms with Crippen LogP contribution in [0.4, 0.5) is 0 Å². The third-order valence-electron chi connectivity index (χ3n) is 3.41. The molecule has 2 heterocycles. The van der Waals surface area contributed by atoms with E-state index in [1.54, 1.807) is 19.1 Å². The molecular formula is C14H15N3O4. The van der Waals surface area contributed by atoms with Gasteiger partial charge in [-0.3, -0.25) is 14.4 Å². The van der Waals surface area contributed by atoms with Crippen LogP contribution in [0.1, 0.15) is 5.69 Å². The van der Waals surface area contributed by atoms with Gasteiger partial charge in [0.1, 0.15) is 13.2 Å². The van der Waals surface area contributed by atoms with Gasteiger partial charge in [-0.25, -0.2) is 9.75 Å². The molecule has 1 N–H and O–H groups in total. The van der Waals surface area contributed by atoms with Crippen molar-refractivity contribution >= 4 is 16.7 Å². The van der Waals surface area contributed by atoms with Crippen LogP contribution in [0, 0.1) is 6.92 Å². The van der Waals surface area contributed by atoms with Crippen molar-refractivity contribution < 1.29 is 14.7 Å². The zero-order valence-corrected chi connectivity index (χ0v) is 11.5. The predicted molar refractivity (Wildman–Crippen MR) is 74.4 cm³/mol. The zero-order valence-electron chi connectivity index (χ0n) is 11.5. The van der Waals surface area contributed by atoms with Gasteiger partial charge in [0, 0.05) is 5.39 Å². The van der Waals surface area contributed by atoms with E-state index in [1.807, 2.05) is 12.1 Å². The second kappa shape index (κ2) is 5.27. The second-order valence-corrected chi connectivity index (χ2v) is 5.00. The molecule has 1 unspecified atom stereocenters. The number of β-amino-alcohol motifs (C(OH)–C–C–N with tert-alkyl or cyclic N) is 1. The molecule has 110 valence electrons. The maximum Gasteiger partial charge on any atom is 0.275 e. The number of aliphatic hydroxyl groups excluding tert-OH is 1. The van der Waals surface area contributed by atoms with E-state index in [0.29, 0.717) is 11.1 Å². The van der Waals surface area contributed by atoms with Crippen LogP contribution in [0.2, 0.25) is 0 Å². The number of fused-ring (bicyclic) bond motifs is 1. The summed E-state index contributed by atoms with van der Waals surface area (Å²) in [7, 11) is 0. The molecule has 3 rings (SSSR count). The summed E-state index contributed by atoms with van der Waals surface area (Å²) in [6, 6.07) is 7.15. The van der Waals surface area contributed by atoms with E-state index >= 15 is 0 Å². The van der Waals surface area contributed by atoms with Crippen molar-refractivity contribution in [2.24, 2.45) is 0 Å². The summed E-state index contributed by atoms with van der Waals surface area (Å²) in [6.07, 6.45) is -0.683. The third-order valence-corrected chi connectivity index (χ3v) is 3.41. The Morgan fingerprint density at radius 2 is 2.14 bits per heavy atom. The van der Waals surface area contributed by atoms with Gasteiger partial charge in [0.25, 0.3) is 11.5 Å². The Bertz CT molecular complexity index is 755. The number of rotatable bonds is 2. The third kappa shape index (κ3) is 2.53. The highest BCUT2D eigenvalue weighted by molar-refractivity contribution is 5.83. The summed E-state index contributed by atoms with van der Waals surface area (Å²) in [5.74, 6) is -0.407. The zero-order chi connectivity index (χ0) is 15.0. The number of nitrogens with zero attached hydrogens (tertiary/aromatic N) is 3. The molecule has 2 aromatic rings. The summed E-state index contributed by atoms with van der Waals surface area (Å²) in [4.78, 5) is 29.4. The average molecular weight is 289 g/mol. The Hall–Kier alpha value is -2.25. The van der Waals surface area contributed by atoms with Crippen molar-refractivity contribution in [2.75, 3.05) is 13.2 Å². The lowest BCUT2D eigenvalue weighted by molar-refractivity contribution is -0.169. The Morgan fingerprint density at radius 3 is 2.81 bits per heavy atom. The molecule has 0 bridgehead atoms. The van der Waals surface area contributed by atoms with Crippen molar-refractivity contribution in [3.8, 4) is 0 Å². The van der Waals surface area contributed by atoms with E-state index in [4.69, 9.17) is 4.84 Å². The van der Waals surface area contributed by atoms with Crippen molar-refractivity contribution in [1.82, 2.24) is 14.8 Å². The Labute approximate surface area is 120 Å². The Morgan fingerprint density at radius 1 is 1.43 bits per heavy atom. The number of amides is 1. The molecule has 1 atom stereocenters. The highest BCUT2D eigenvalue weighted by atomic mass is 16.7. The fourth-order valence-electron chi connectivity index (χ4n) is 2.37. The first-order valence-corrected chi connectivity index (χ1v) is 6.64. The minimum atomic E-state index is -0.683. The summed E-state index contributed by atoms with van der Waals surface area (Å²) < 4.78 is 1.13. The fraction of sp³-hybridized carbons (Fsp3) is 0.357. The first-order chi connectivity index (χ1) is 10.1. The number of aliphatic hydroxyl groups is 1. The topological polar surface area (TPSA) is 84.7 Å². The average Bonchev–Trinajstić information content (AvgIpc) is 2.91. The molecule has 21 heavy (non-hydrogen) atoms. The van der Waals surface area contributed by atoms with Gasteiger partial charge in [0.05, 0.1) is 23.7 Å². The molecule has 0 radical (unpaired) electrons. The number of carbonyl (C=O) groups excluding carboxylic acids is 1. The van der Waals surface area contributed by atoms with E-state index in [1.165, 1.54) is 0 Å². The van der Waals surface area contributed by atoms with Gasteiger partial charge in [-0.15, -0.1) is 0 Å². The van der Waals surface area contributed by atoms with E-state index in [2.05, 4.69) is 5.10 Å². The lowest BCUT2D eigenvalue weighted by Crippen LogP contribution is -2.36. The van der Waals surface area contributed by atoms with Crippen molar-refractivity contribution in [3.05, 3.63) is 40.3 Å². The number of aryl methyl sites for hydroxylation is 1. The van der Waals surface area contributed by atoms with Crippen molar-refractivity contribution in [1.29, 1.82) is 0 Å². The number of hydroxylamine groups is 2. The molecule has 1 amide bonds. The molecule has 7 heteroatoms. The first-order valence-electron chi connectivity index (χ1n) is 6.64. The molecule has 1 aromatic carbocycles. The number of aromatic nitrogens is 2. The summed E-state index contributed by atoms with van der Waals surface area (Å²) in [5.41, 5.74) is 0.365. The molecule has 1 aliphatic heterocycles. The molecule has 1 fully saturated rings. The monoisotopic (exact) mass is 289 g/mol. The molecule has 0 saturated carbocycles. The smallest absolute Gasteiger partial charge is 0.275 e. The predicted octanol–water partition coefficient (Wildman–Crippen LogP) is -0.160. The van der Waals surface area contributed by atoms with E-state index in [9.17, 15) is 14.7 Å². The lowest BCUT2D eigenvalue weighted by atomic mass is 10.1. The Kier molecular flexibility index (Phi) is 3.44. The van der Waals surface area contributed by atoms with Crippen LogP contribution < -0.4 is 5.56 Å². The van der Waals surface area contributed by atoms with Crippen molar-refractivity contribution in [3.63, 3.8) is 0 Å². The molecule has 1 aromatic heterocycles. The van der Waals surface area contributed by atoms with Crippen LogP contribution in [0.5, 0.6) is 0 Å². The van der Waals surface area contributed by atoms with Crippen LogP contribution in [-0.2, 0) is 16.2 Å². The summed E-state index contributed by atoms with van der Waals surface area (Å²) >= 11 is 0. The van der Waals surface area contributed by atoms with Gasteiger partial charge in [-0.05, 0) is 13.0 Å². The van der Waals surface area contributed by atoms with Crippen LogP contribution in [0.3, 0.4) is 0 Å². The number of benzene rings is 1. The van der Waals surface area contributed by atoms with Gasteiger partial charge < -0.3 is 5.11 Å². The quantitative estimate of drug-likeness (QED) is 0.830. The maximum absolute atomic E-state index is 12.3. The number of hydrogen-bond acceptors (Lipinski definition) is 5. The highest BCUT2D eigenvalue weighted by Crippen LogP contribution is 2.12. The first kappa shape index (κ1) is 13.7. The molecule has 1 aliphatic rings. The van der Waals surface area contributed by atoms with E-state index < -0.39 is 12.0 Å². The van der Waals surface area contributed by atoms with Crippen molar-refractivity contribution in [2.45, 2.75) is 19.6 Å². The SMILES string of the molecule is Cc1nn(CC(=O)N2CC(O)CO2)c(=O)c2ccccc12.